The van der Waals surface area contributed by atoms with Gasteiger partial charge >= 0.3 is 5.97 Å². The number of nitrogens with zero attached hydrogens (tertiary/aromatic N) is 1. The first-order valence-corrected chi connectivity index (χ1v) is 6.46. The summed E-state index contributed by atoms with van der Waals surface area (Å²) in [4.78, 5) is 15.3. The molecule has 0 fully saturated rings. The Labute approximate surface area is 113 Å². The molecule has 0 unspecified atom stereocenters. The second-order valence-corrected chi connectivity index (χ2v) is 4.94. The van der Waals surface area contributed by atoms with Crippen LogP contribution in [0.25, 0.3) is 0 Å². The van der Waals surface area contributed by atoms with Crippen LogP contribution in [0.15, 0.2) is 24.3 Å². The molecule has 0 radical (unpaired) electrons. The third-order valence-corrected chi connectivity index (χ3v) is 3.65. The highest BCUT2D eigenvalue weighted by atomic mass is 32.1. The van der Waals surface area contributed by atoms with Crippen molar-refractivity contribution in [2.24, 2.45) is 0 Å². The fraction of sp³-hybridized carbons (Fsp3) is 0.231. The van der Waals surface area contributed by atoms with Crippen molar-refractivity contribution in [1.82, 2.24) is 4.98 Å². The number of para-hydroxylation sites is 1. The Hall–Kier alpha value is -1.95. The first kappa shape index (κ1) is 13.5. The smallest absolute Gasteiger partial charge is 0.347 e. The minimum absolute atomic E-state index is 0.189. The Morgan fingerprint density at radius 2 is 2.21 bits per heavy atom. The SMILES string of the molecule is Cc1nc(CCOc2ccccc2F)sc1C(=O)O. The number of carbonyl (C=O) groups is 1. The second kappa shape index (κ2) is 5.79. The summed E-state index contributed by atoms with van der Waals surface area (Å²) in [6, 6.07) is 6.15. The van der Waals surface area contributed by atoms with Crippen LogP contribution in [0.3, 0.4) is 0 Å². The van der Waals surface area contributed by atoms with E-state index in [1.165, 1.54) is 6.07 Å². The summed E-state index contributed by atoms with van der Waals surface area (Å²) >= 11 is 1.12. The van der Waals surface area contributed by atoms with E-state index in [4.69, 9.17) is 9.84 Å². The van der Waals surface area contributed by atoms with Gasteiger partial charge < -0.3 is 9.84 Å². The summed E-state index contributed by atoms with van der Waals surface area (Å²) in [6.45, 7) is 1.91. The molecule has 1 aromatic heterocycles. The van der Waals surface area contributed by atoms with Gasteiger partial charge in [-0.05, 0) is 19.1 Å². The predicted octanol–water partition coefficient (Wildman–Crippen LogP) is 2.91. The first-order chi connectivity index (χ1) is 9.08. The van der Waals surface area contributed by atoms with Crippen molar-refractivity contribution in [3.8, 4) is 5.75 Å². The van der Waals surface area contributed by atoms with Crippen LogP contribution in [-0.2, 0) is 6.42 Å². The number of carboxylic acid groups (broad SMARTS) is 1. The molecule has 0 aliphatic carbocycles. The Balaban J connectivity index is 1.95. The van der Waals surface area contributed by atoms with E-state index in [0.717, 1.165) is 11.3 Å². The van der Waals surface area contributed by atoms with Gasteiger partial charge in [-0.3, -0.25) is 0 Å². The van der Waals surface area contributed by atoms with E-state index < -0.39 is 11.8 Å². The van der Waals surface area contributed by atoms with Crippen molar-refractivity contribution in [3.05, 3.63) is 45.7 Å². The number of rotatable bonds is 5. The lowest BCUT2D eigenvalue weighted by molar-refractivity contribution is 0.0701. The average Bonchev–Trinajstić information content (AvgIpc) is 2.73. The lowest BCUT2D eigenvalue weighted by atomic mass is 10.3. The van der Waals surface area contributed by atoms with Crippen LogP contribution < -0.4 is 4.74 Å². The minimum atomic E-state index is -0.976. The third kappa shape index (κ3) is 3.29. The topological polar surface area (TPSA) is 59.4 Å². The molecule has 2 aromatic rings. The number of aromatic nitrogens is 1. The van der Waals surface area contributed by atoms with E-state index >= 15 is 0 Å². The maximum atomic E-state index is 13.3. The van der Waals surface area contributed by atoms with Crippen LogP contribution in [0.5, 0.6) is 5.75 Å². The van der Waals surface area contributed by atoms with E-state index in [2.05, 4.69) is 4.98 Å². The molecular formula is C13H12FNO3S. The molecule has 0 amide bonds. The second-order valence-electron chi connectivity index (χ2n) is 3.86. The van der Waals surface area contributed by atoms with Crippen molar-refractivity contribution >= 4 is 17.3 Å². The number of carboxylic acids is 1. The van der Waals surface area contributed by atoms with E-state index in [9.17, 15) is 9.18 Å². The van der Waals surface area contributed by atoms with Gasteiger partial charge in [-0.15, -0.1) is 11.3 Å². The maximum absolute atomic E-state index is 13.3. The Bertz CT molecular complexity index is 597. The molecule has 100 valence electrons. The Morgan fingerprint density at radius 3 is 2.84 bits per heavy atom. The molecule has 1 heterocycles. The largest absolute Gasteiger partial charge is 0.490 e. The molecule has 2 rings (SSSR count). The summed E-state index contributed by atoms with van der Waals surface area (Å²) < 4.78 is 18.6. The van der Waals surface area contributed by atoms with Crippen LogP contribution in [0, 0.1) is 12.7 Å². The number of benzene rings is 1. The van der Waals surface area contributed by atoms with Gasteiger partial charge in [0.05, 0.1) is 17.3 Å². The summed E-state index contributed by atoms with van der Waals surface area (Å²) in [5.74, 6) is -1.20. The van der Waals surface area contributed by atoms with Crippen molar-refractivity contribution in [1.29, 1.82) is 0 Å². The van der Waals surface area contributed by atoms with Crippen molar-refractivity contribution in [2.75, 3.05) is 6.61 Å². The molecule has 4 nitrogen and oxygen atoms in total. The summed E-state index contributed by atoms with van der Waals surface area (Å²) in [5.41, 5.74) is 0.499. The van der Waals surface area contributed by atoms with Crippen molar-refractivity contribution in [2.45, 2.75) is 13.3 Å². The molecule has 0 atom stereocenters. The Kier molecular flexibility index (Phi) is 4.11. The summed E-state index contributed by atoms with van der Waals surface area (Å²) in [7, 11) is 0. The van der Waals surface area contributed by atoms with E-state index in [-0.39, 0.29) is 17.2 Å². The Morgan fingerprint density at radius 1 is 1.47 bits per heavy atom. The van der Waals surface area contributed by atoms with Crippen LogP contribution in [0.2, 0.25) is 0 Å². The standard InChI is InChI=1S/C13H12FNO3S/c1-8-12(13(16)17)19-11(15-8)6-7-18-10-5-3-2-4-9(10)14/h2-5H,6-7H2,1H3,(H,16,17). The number of hydrogen-bond acceptors (Lipinski definition) is 4. The molecule has 0 saturated heterocycles. The number of halogens is 1. The summed E-state index contributed by atoms with van der Waals surface area (Å²) in [5, 5.41) is 9.58. The number of aromatic carboxylic acids is 1. The molecule has 0 aliphatic heterocycles. The quantitative estimate of drug-likeness (QED) is 0.915. The molecule has 0 saturated carbocycles. The van der Waals surface area contributed by atoms with Crippen molar-refractivity contribution < 1.29 is 19.0 Å². The van der Waals surface area contributed by atoms with Crippen LogP contribution in [-0.4, -0.2) is 22.7 Å². The molecule has 0 spiro atoms. The zero-order valence-corrected chi connectivity index (χ0v) is 11.0. The highest BCUT2D eigenvalue weighted by Gasteiger charge is 2.13. The van der Waals surface area contributed by atoms with E-state index in [1.807, 2.05) is 0 Å². The molecular weight excluding hydrogens is 269 g/mol. The molecule has 1 N–H and O–H groups in total. The predicted molar refractivity (Wildman–Crippen MR) is 69.4 cm³/mol. The van der Waals surface area contributed by atoms with Gasteiger partial charge in [-0.25, -0.2) is 14.2 Å². The van der Waals surface area contributed by atoms with Crippen LogP contribution >= 0.6 is 11.3 Å². The summed E-state index contributed by atoms with van der Waals surface area (Å²) in [6.07, 6.45) is 0.452. The van der Waals surface area contributed by atoms with Gasteiger partial charge in [0.2, 0.25) is 0 Å². The number of aryl methyl sites for hydroxylation is 1. The number of ether oxygens (including phenoxy) is 1. The van der Waals surface area contributed by atoms with E-state index in [1.54, 1.807) is 25.1 Å². The monoisotopic (exact) mass is 281 g/mol. The molecule has 0 bridgehead atoms. The maximum Gasteiger partial charge on any atom is 0.347 e. The lowest BCUT2D eigenvalue weighted by Crippen LogP contribution is -2.02. The zero-order valence-electron chi connectivity index (χ0n) is 10.2. The van der Waals surface area contributed by atoms with Gasteiger partial charge in [0.25, 0.3) is 0 Å². The molecule has 19 heavy (non-hydrogen) atoms. The van der Waals surface area contributed by atoms with Crippen molar-refractivity contribution in [3.63, 3.8) is 0 Å². The highest BCUT2D eigenvalue weighted by molar-refractivity contribution is 7.13. The highest BCUT2D eigenvalue weighted by Crippen LogP contribution is 2.19. The molecule has 0 aliphatic rings. The fourth-order valence-electron chi connectivity index (χ4n) is 1.57. The van der Waals surface area contributed by atoms with Gasteiger partial charge in [0.15, 0.2) is 11.6 Å². The van der Waals surface area contributed by atoms with Gasteiger partial charge in [-0.1, -0.05) is 12.1 Å². The third-order valence-electron chi connectivity index (χ3n) is 2.45. The normalized spacial score (nSPS) is 10.4. The van der Waals surface area contributed by atoms with Gasteiger partial charge in [0, 0.05) is 6.42 Å². The van der Waals surface area contributed by atoms with Gasteiger partial charge in [0.1, 0.15) is 4.88 Å². The van der Waals surface area contributed by atoms with Crippen LogP contribution in [0.1, 0.15) is 20.4 Å². The average molecular weight is 281 g/mol. The molecule has 6 heteroatoms. The number of thiazole rings is 1. The lowest BCUT2D eigenvalue weighted by Gasteiger charge is -2.05. The van der Waals surface area contributed by atoms with Gasteiger partial charge in [-0.2, -0.15) is 0 Å². The molecule has 1 aromatic carbocycles. The van der Waals surface area contributed by atoms with E-state index in [0.29, 0.717) is 17.1 Å². The fourth-order valence-corrected chi connectivity index (χ4v) is 2.45. The van der Waals surface area contributed by atoms with Crippen LogP contribution in [0.4, 0.5) is 4.39 Å². The first-order valence-electron chi connectivity index (χ1n) is 5.65. The number of hydrogen-bond donors (Lipinski definition) is 1. The zero-order chi connectivity index (χ0) is 13.8. The minimum Gasteiger partial charge on any atom is -0.490 e.